The SMILES string of the molecule is CC(C)(C)[C@H](NC(=O)OCc1ccccc1)C(=O)N1C[C@@]2(C=C(c3ccc4c(c3)OCO4)NO2)C[C@H]1C(=O)NC(CC1CCC1)C(=O)C(N)=O. The van der Waals surface area contributed by atoms with Crippen LogP contribution in [0.3, 0.4) is 0 Å². The molecule has 3 aliphatic heterocycles. The highest BCUT2D eigenvalue weighted by molar-refractivity contribution is 6.37. The van der Waals surface area contributed by atoms with Gasteiger partial charge in [0.2, 0.25) is 24.4 Å². The number of nitrogens with two attached hydrogens (primary N) is 1. The molecule has 1 aliphatic carbocycles. The molecule has 1 saturated heterocycles. The van der Waals surface area contributed by atoms with Gasteiger partial charge in [-0.05, 0) is 47.6 Å². The Bertz CT molecular complexity index is 1690. The summed E-state index contributed by atoms with van der Waals surface area (Å²) in [6, 6.07) is 11.2. The molecule has 2 aromatic rings. The number of alkyl carbamates (subject to hydrolysis) is 1. The van der Waals surface area contributed by atoms with E-state index < -0.39 is 58.7 Å². The summed E-state index contributed by atoms with van der Waals surface area (Å²) < 4.78 is 16.4. The predicted octanol–water partition coefficient (Wildman–Crippen LogP) is 2.70. The molecule has 50 heavy (non-hydrogen) atoms. The van der Waals surface area contributed by atoms with E-state index in [2.05, 4.69) is 16.1 Å². The molecule has 0 radical (unpaired) electrons. The summed E-state index contributed by atoms with van der Waals surface area (Å²) in [7, 11) is 0. The van der Waals surface area contributed by atoms with E-state index >= 15 is 0 Å². The molecular formula is C36H43N5O9. The van der Waals surface area contributed by atoms with Crippen molar-refractivity contribution in [2.24, 2.45) is 17.1 Å². The lowest BCUT2D eigenvalue weighted by Crippen LogP contribution is -2.59. The Labute approximate surface area is 289 Å². The predicted molar refractivity (Wildman–Crippen MR) is 179 cm³/mol. The average molecular weight is 690 g/mol. The number of nitrogens with one attached hydrogen (secondary N) is 3. The molecular weight excluding hydrogens is 646 g/mol. The van der Waals surface area contributed by atoms with E-state index in [0.717, 1.165) is 30.4 Å². The number of ketones is 1. The van der Waals surface area contributed by atoms with Gasteiger partial charge in [-0.25, -0.2) is 4.79 Å². The van der Waals surface area contributed by atoms with Crippen LogP contribution in [0.4, 0.5) is 4.79 Å². The van der Waals surface area contributed by atoms with E-state index in [9.17, 15) is 24.0 Å². The van der Waals surface area contributed by atoms with E-state index in [1.165, 1.54) is 4.90 Å². The zero-order chi connectivity index (χ0) is 35.6. The highest BCUT2D eigenvalue weighted by Gasteiger charge is 2.54. The summed E-state index contributed by atoms with van der Waals surface area (Å²) in [5.41, 5.74) is 8.45. The highest BCUT2D eigenvalue weighted by Crippen LogP contribution is 2.41. The summed E-state index contributed by atoms with van der Waals surface area (Å²) >= 11 is 0. The number of rotatable bonds is 11. The van der Waals surface area contributed by atoms with Crippen LogP contribution < -0.4 is 31.3 Å². The number of nitrogens with zero attached hydrogens (tertiary/aromatic N) is 1. The normalized spacial score (nSPS) is 22.2. The number of carbonyl (C=O) groups excluding carboxylic acids is 5. The second-order valence-electron chi connectivity index (χ2n) is 14.4. The molecule has 4 aliphatic rings. The molecule has 266 valence electrons. The van der Waals surface area contributed by atoms with Gasteiger partial charge < -0.3 is 35.5 Å². The molecule has 4 atom stereocenters. The van der Waals surface area contributed by atoms with Crippen molar-refractivity contribution in [2.45, 2.75) is 83.2 Å². The van der Waals surface area contributed by atoms with Gasteiger partial charge in [0.1, 0.15) is 24.3 Å². The van der Waals surface area contributed by atoms with Gasteiger partial charge in [0.15, 0.2) is 11.5 Å². The number of benzene rings is 2. The fraction of sp³-hybridized carbons (Fsp3) is 0.472. The molecule has 1 saturated carbocycles. The van der Waals surface area contributed by atoms with Crippen molar-refractivity contribution in [3.63, 3.8) is 0 Å². The number of carbonyl (C=O) groups is 5. The van der Waals surface area contributed by atoms with E-state index in [1.807, 2.05) is 42.5 Å². The Morgan fingerprint density at radius 1 is 1.04 bits per heavy atom. The monoisotopic (exact) mass is 689 g/mol. The van der Waals surface area contributed by atoms with Gasteiger partial charge >= 0.3 is 6.09 Å². The molecule has 0 bridgehead atoms. The smallest absolute Gasteiger partial charge is 0.408 e. The van der Waals surface area contributed by atoms with Crippen molar-refractivity contribution in [1.29, 1.82) is 0 Å². The van der Waals surface area contributed by atoms with Crippen LogP contribution in [0.2, 0.25) is 0 Å². The highest BCUT2D eigenvalue weighted by atomic mass is 16.7. The number of likely N-dealkylation sites (tertiary alicyclic amines) is 1. The van der Waals surface area contributed by atoms with Crippen LogP contribution in [0.25, 0.3) is 5.70 Å². The Kier molecular flexibility index (Phi) is 9.74. The number of primary amides is 1. The molecule has 6 rings (SSSR count). The summed E-state index contributed by atoms with van der Waals surface area (Å²) in [5, 5.41) is 5.46. The van der Waals surface area contributed by atoms with Crippen molar-refractivity contribution in [3.8, 4) is 11.5 Å². The summed E-state index contributed by atoms with van der Waals surface area (Å²) in [6.45, 7) is 5.43. The van der Waals surface area contributed by atoms with Crippen LogP contribution in [0, 0.1) is 11.3 Å². The molecule has 5 N–H and O–H groups in total. The summed E-state index contributed by atoms with van der Waals surface area (Å²) in [5.74, 6) is -1.87. The van der Waals surface area contributed by atoms with Crippen molar-refractivity contribution in [2.75, 3.05) is 13.3 Å². The first-order chi connectivity index (χ1) is 23.8. The van der Waals surface area contributed by atoms with Crippen molar-refractivity contribution >= 4 is 35.3 Å². The third-order valence-electron chi connectivity index (χ3n) is 9.65. The first kappa shape index (κ1) is 34.7. The molecule has 14 heteroatoms. The number of Topliss-reactive ketones (excluding diaryl/α,β-unsaturated/α-hetero) is 1. The minimum absolute atomic E-state index is 0.00119. The average Bonchev–Trinajstić information content (AvgIpc) is 3.81. The molecule has 14 nitrogen and oxygen atoms in total. The first-order valence-corrected chi connectivity index (χ1v) is 16.8. The minimum Gasteiger partial charge on any atom is -0.454 e. The number of ether oxygens (including phenoxy) is 3. The number of hydrogen-bond donors (Lipinski definition) is 4. The van der Waals surface area contributed by atoms with E-state index in [1.54, 1.807) is 32.9 Å². The van der Waals surface area contributed by atoms with Crippen molar-refractivity contribution < 1.29 is 43.0 Å². The standard InChI is InChI=1S/C36H43N5O9/c1-35(2,3)30(39-34(46)47-18-22-8-5-4-6-9-22)33(45)41-19-36(16-25(40-50-36)23-12-13-27-28(15-23)49-20-48-27)17-26(41)32(44)38-24(29(42)31(37)43)14-21-10-7-11-21/h4-6,8-9,12-13,15-16,21,24,26,30,40H,7,10-11,14,17-20H2,1-3H3,(H2,37,43)(H,38,44)(H,39,46)/t24?,26-,30+,36+/m0/s1. The molecule has 3 heterocycles. The Morgan fingerprint density at radius 3 is 2.46 bits per heavy atom. The molecule has 1 spiro atoms. The Morgan fingerprint density at radius 2 is 1.78 bits per heavy atom. The molecule has 4 amide bonds. The van der Waals surface area contributed by atoms with Gasteiger partial charge in [-0.15, -0.1) is 0 Å². The third kappa shape index (κ3) is 7.54. The zero-order valence-electron chi connectivity index (χ0n) is 28.4. The minimum atomic E-state index is -1.16. The summed E-state index contributed by atoms with van der Waals surface area (Å²) in [4.78, 5) is 73.9. The Balaban J connectivity index is 1.27. The largest absolute Gasteiger partial charge is 0.454 e. The van der Waals surface area contributed by atoms with Crippen molar-refractivity contribution in [1.82, 2.24) is 21.0 Å². The second-order valence-corrected chi connectivity index (χ2v) is 14.4. The van der Waals surface area contributed by atoms with E-state index in [0.29, 0.717) is 17.2 Å². The number of hydrogen-bond acceptors (Lipinski definition) is 10. The number of amides is 4. The van der Waals surface area contributed by atoms with Crippen LogP contribution in [0.1, 0.15) is 64.0 Å². The molecule has 1 unspecified atom stereocenters. The van der Waals surface area contributed by atoms with Crippen LogP contribution in [0.15, 0.2) is 54.6 Å². The quantitative estimate of drug-likeness (QED) is 0.256. The molecule has 0 aromatic heterocycles. The topological polar surface area (TPSA) is 188 Å². The first-order valence-electron chi connectivity index (χ1n) is 16.8. The second kappa shape index (κ2) is 14.0. The maximum absolute atomic E-state index is 14.5. The van der Waals surface area contributed by atoms with Gasteiger partial charge in [-0.3, -0.25) is 29.5 Å². The fourth-order valence-corrected chi connectivity index (χ4v) is 6.66. The van der Waals surface area contributed by atoms with Gasteiger partial charge in [0.25, 0.3) is 5.91 Å². The van der Waals surface area contributed by atoms with E-state index in [-0.39, 0.29) is 38.7 Å². The van der Waals surface area contributed by atoms with Crippen molar-refractivity contribution in [3.05, 3.63) is 65.7 Å². The fourth-order valence-electron chi connectivity index (χ4n) is 6.66. The lowest BCUT2D eigenvalue weighted by atomic mass is 9.80. The third-order valence-corrected chi connectivity index (χ3v) is 9.65. The van der Waals surface area contributed by atoms with Crippen LogP contribution in [-0.4, -0.2) is 71.6 Å². The van der Waals surface area contributed by atoms with Gasteiger partial charge in [-0.2, -0.15) is 0 Å². The van der Waals surface area contributed by atoms with Gasteiger partial charge in [0, 0.05) is 12.0 Å². The van der Waals surface area contributed by atoms with Gasteiger partial charge in [-0.1, -0.05) is 70.4 Å². The van der Waals surface area contributed by atoms with Gasteiger partial charge in [0.05, 0.1) is 18.3 Å². The molecule has 2 aromatic carbocycles. The van der Waals surface area contributed by atoms with Crippen LogP contribution in [-0.2, 0) is 35.4 Å². The number of hydroxylamine groups is 1. The maximum Gasteiger partial charge on any atom is 0.408 e. The lowest BCUT2D eigenvalue weighted by molar-refractivity contribution is -0.144. The lowest BCUT2D eigenvalue weighted by Gasteiger charge is -2.35. The Hall–Kier alpha value is -5.11. The van der Waals surface area contributed by atoms with E-state index in [4.69, 9.17) is 24.8 Å². The number of fused-ring (bicyclic) bond motifs is 1. The zero-order valence-corrected chi connectivity index (χ0v) is 28.4. The van der Waals surface area contributed by atoms with Crippen LogP contribution in [0.5, 0.6) is 11.5 Å². The van der Waals surface area contributed by atoms with Crippen LogP contribution >= 0.6 is 0 Å². The summed E-state index contributed by atoms with van der Waals surface area (Å²) in [6.07, 6.45) is 4.05. The molecule has 2 fully saturated rings. The maximum atomic E-state index is 14.5.